The molecule has 2 heteroatoms. The zero-order valence-electron chi connectivity index (χ0n) is 12.9. The van der Waals surface area contributed by atoms with E-state index >= 15 is 0 Å². The van der Waals surface area contributed by atoms with Crippen LogP contribution < -0.4 is 4.57 Å². The molecule has 1 aromatic heterocycles. The fourth-order valence-corrected chi connectivity index (χ4v) is 2.53. The predicted octanol–water partition coefficient (Wildman–Crippen LogP) is 4.45. The smallest absolute Gasteiger partial charge is 0.232 e. The third kappa shape index (κ3) is 4.15. The zero-order chi connectivity index (χ0) is 13.5. The summed E-state index contributed by atoms with van der Waals surface area (Å²) in [5, 5.41) is 0. The molecule has 0 N–H and O–H groups in total. The summed E-state index contributed by atoms with van der Waals surface area (Å²) in [5.74, 6) is 1.50. The average Bonchev–Trinajstić information content (AvgIpc) is 2.72. The van der Waals surface area contributed by atoms with Gasteiger partial charge in [-0.3, -0.25) is 0 Å². The minimum atomic E-state index is 0.565. The van der Waals surface area contributed by atoms with Crippen molar-refractivity contribution in [2.24, 2.45) is 0 Å². The van der Waals surface area contributed by atoms with Crippen LogP contribution in [0.25, 0.3) is 0 Å². The van der Waals surface area contributed by atoms with E-state index in [1.165, 1.54) is 44.3 Å². The van der Waals surface area contributed by atoms with Crippen LogP contribution >= 0.6 is 0 Å². The van der Waals surface area contributed by atoms with Crippen molar-refractivity contribution in [2.45, 2.75) is 85.2 Å². The standard InChI is InChI=1S/C16H31N2/c1-6-7-8-9-10-11-16-17(14(2)3)12-13-18(16)15(4)5/h12-15H,6-11H2,1-5H3/q+1. The van der Waals surface area contributed by atoms with E-state index in [1.807, 2.05) is 0 Å². The molecule has 0 saturated heterocycles. The molecule has 0 atom stereocenters. The number of hydrogen-bond acceptors (Lipinski definition) is 0. The summed E-state index contributed by atoms with van der Waals surface area (Å²) in [6.07, 6.45) is 12.5. The van der Waals surface area contributed by atoms with Gasteiger partial charge in [0.1, 0.15) is 12.4 Å². The molecule has 0 aliphatic heterocycles. The van der Waals surface area contributed by atoms with Crippen LogP contribution in [0, 0.1) is 0 Å². The first-order chi connectivity index (χ1) is 8.57. The summed E-state index contributed by atoms with van der Waals surface area (Å²) >= 11 is 0. The summed E-state index contributed by atoms with van der Waals surface area (Å²) < 4.78 is 4.86. The van der Waals surface area contributed by atoms with Crippen molar-refractivity contribution >= 4 is 0 Å². The molecule has 1 heterocycles. The summed E-state index contributed by atoms with van der Waals surface area (Å²) in [6, 6.07) is 1.13. The van der Waals surface area contributed by atoms with Gasteiger partial charge >= 0.3 is 0 Å². The molecule has 104 valence electrons. The first-order valence-electron chi connectivity index (χ1n) is 7.68. The number of aromatic nitrogens is 2. The molecule has 0 unspecified atom stereocenters. The molecule has 1 rings (SSSR count). The van der Waals surface area contributed by atoms with Crippen molar-refractivity contribution in [1.82, 2.24) is 4.57 Å². The Bertz CT molecular complexity index is 311. The number of imidazole rings is 1. The van der Waals surface area contributed by atoms with Crippen LogP contribution in [0.15, 0.2) is 12.4 Å². The van der Waals surface area contributed by atoms with E-state index in [2.05, 4.69) is 56.1 Å². The van der Waals surface area contributed by atoms with Gasteiger partial charge in [-0.2, -0.15) is 0 Å². The quantitative estimate of drug-likeness (QED) is 0.477. The lowest BCUT2D eigenvalue weighted by Crippen LogP contribution is -2.39. The molecule has 1 aromatic rings. The maximum Gasteiger partial charge on any atom is 0.256 e. The monoisotopic (exact) mass is 251 g/mol. The third-order valence-electron chi connectivity index (χ3n) is 3.60. The molecule has 0 aromatic carbocycles. The maximum absolute atomic E-state index is 2.43. The van der Waals surface area contributed by atoms with E-state index < -0.39 is 0 Å². The molecular formula is C16H31N2+. The summed E-state index contributed by atoms with van der Waals surface area (Å²) in [5.41, 5.74) is 0. The minimum absolute atomic E-state index is 0.565. The zero-order valence-corrected chi connectivity index (χ0v) is 12.9. The van der Waals surface area contributed by atoms with Crippen molar-refractivity contribution in [1.29, 1.82) is 0 Å². The van der Waals surface area contributed by atoms with Gasteiger partial charge in [0.15, 0.2) is 0 Å². The van der Waals surface area contributed by atoms with Crippen molar-refractivity contribution < 1.29 is 4.57 Å². The van der Waals surface area contributed by atoms with Crippen molar-refractivity contribution in [3.63, 3.8) is 0 Å². The molecule has 0 bridgehead atoms. The van der Waals surface area contributed by atoms with Crippen LogP contribution in [-0.2, 0) is 6.42 Å². The van der Waals surface area contributed by atoms with Crippen LogP contribution in [0.1, 0.15) is 84.6 Å². The van der Waals surface area contributed by atoms with Crippen molar-refractivity contribution in [2.75, 3.05) is 0 Å². The Balaban J connectivity index is 2.63. The lowest BCUT2D eigenvalue weighted by molar-refractivity contribution is -0.722. The Labute approximate surface area is 113 Å². The molecule has 0 aliphatic carbocycles. The van der Waals surface area contributed by atoms with E-state index in [1.54, 1.807) is 0 Å². The Morgan fingerprint density at radius 1 is 1.06 bits per heavy atom. The highest BCUT2D eigenvalue weighted by atomic mass is 15.2. The third-order valence-corrected chi connectivity index (χ3v) is 3.60. The Hall–Kier alpha value is -0.790. The lowest BCUT2D eigenvalue weighted by atomic mass is 10.1. The Morgan fingerprint density at radius 2 is 1.72 bits per heavy atom. The molecule has 0 amide bonds. The second-order valence-electron chi connectivity index (χ2n) is 5.88. The van der Waals surface area contributed by atoms with Crippen molar-refractivity contribution in [3.05, 3.63) is 18.2 Å². The second kappa shape index (κ2) is 7.60. The Kier molecular flexibility index (Phi) is 6.45. The molecule has 0 radical (unpaired) electrons. The van der Waals surface area contributed by atoms with E-state index in [-0.39, 0.29) is 0 Å². The van der Waals surface area contributed by atoms with Crippen LogP contribution in [-0.4, -0.2) is 4.57 Å². The summed E-state index contributed by atoms with van der Waals surface area (Å²) in [7, 11) is 0. The van der Waals surface area contributed by atoms with Crippen LogP contribution in [0.5, 0.6) is 0 Å². The highest BCUT2D eigenvalue weighted by Gasteiger charge is 2.20. The summed E-state index contributed by atoms with van der Waals surface area (Å²) in [4.78, 5) is 0. The Morgan fingerprint density at radius 3 is 2.28 bits per heavy atom. The molecule has 0 fully saturated rings. The highest BCUT2D eigenvalue weighted by molar-refractivity contribution is 4.87. The van der Waals surface area contributed by atoms with Gasteiger partial charge in [-0.25, -0.2) is 9.13 Å². The number of hydrogen-bond donors (Lipinski definition) is 0. The van der Waals surface area contributed by atoms with Gasteiger partial charge in [0.2, 0.25) is 0 Å². The van der Waals surface area contributed by atoms with Gasteiger partial charge in [0.25, 0.3) is 5.82 Å². The predicted molar refractivity (Wildman–Crippen MR) is 77.9 cm³/mol. The van der Waals surface area contributed by atoms with Gasteiger partial charge in [0.05, 0.1) is 12.1 Å². The second-order valence-corrected chi connectivity index (χ2v) is 5.88. The van der Waals surface area contributed by atoms with E-state index in [0.717, 1.165) is 0 Å². The highest BCUT2D eigenvalue weighted by Crippen LogP contribution is 2.13. The van der Waals surface area contributed by atoms with Gasteiger partial charge in [-0.15, -0.1) is 0 Å². The maximum atomic E-state index is 2.43. The lowest BCUT2D eigenvalue weighted by Gasteiger charge is -2.09. The normalized spacial score (nSPS) is 11.7. The van der Waals surface area contributed by atoms with Gasteiger partial charge in [0, 0.05) is 6.42 Å². The minimum Gasteiger partial charge on any atom is -0.232 e. The first-order valence-corrected chi connectivity index (χ1v) is 7.68. The van der Waals surface area contributed by atoms with Crippen LogP contribution in [0.3, 0.4) is 0 Å². The van der Waals surface area contributed by atoms with E-state index in [4.69, 9.17) is 0 Å². The van der Waals surface area contributed by atoms with Gasteiger partial charge < -0.3 is 0 Å². The number of nitrogens with zero attached hydrogens (tertiary/aromatic N) is 2. The molecule has 0 saturated carbocycles. The van der Waals surface area contributed by atoms with Crippen LogP contribution in [0.2, 0.25) is 0 Å². The van der Waals surface area contributed by atoms with Crippen molar-refractivity contribution in [3.8, 4) is 0 Å². The first kappa shape index (κ1) is 15.3. The molecule has 2 nitrogen and oxygen atoms in total. The molecule has 0 aliphatic rings. The molecular weight excluding hydrogens is 220 g/mol. The largest absolute Gasteiger partial charge is 0.256 e. The average molecular weight is 251 g/mol. The topological polar surface area (TPSA) is 8.81 Å². The number of unbranched alkanes of at least 4 members (excludes halogenated alkanes) is 4. The van der Waals surface area contributed by atoms with Crippen LogP contribution in [0.4, 0.5) is 0 Å². The van der Waals surface area contributed by atoms with E-state index in [0.29, 0.717) is 12.1 Å². The van der Waals surface area contributed by atoms with Gasteiger partial charge in [-0.1, -0.05) is 32.6 Å². The SMILES string of the molecule is CCCCCCCc1n(C(C)C)cc[n+]1C(C)C. The number of rotatable bonds is 8. The molecule has 0 spiro atoms. The molecule has 18 heavy (non-hydrogen) atoms. The van der Waals surface area contributed by atoms with E-state index in [9.17, 15) is 0 Å². The fourth-order valence-electron chi connectivity index (χ4n) is 2.53. The fraction of sp³-hybridized carbons (Fsp3) is 0.812. The van der Waals surface area contributed by atoms with Gasteiger partial charge in [-0.05, 0) is 34.1 Å². The summed E-state index contributed by atoms with van der Waals surface area (Å²) in [6.45, 7) is 11.4.